The van der Waals surface area contributed by atoms with Crippen molar-refractivity contribution in [2.24, 2.45) is 4.99 Å². The Morgan fingerprint density at radius 3 is 2.19 bits per heavy atom. The van der Waals surface area contributed by atoms with Gasteiger partial charge in [-0.05, 0) is 54.1 Å². The normalized spacial score (nSPS) is 10.8. The van der Waals surface area contributed by atoms with Crippen LogP contribution in [0.1, 0.15) is 5.56 Å². The first-order chi connectivity index (χ1) is 7.74. The van der Waals surface area contributed by atoms with Gasteiger partial charge >= 0.3 is 0 Å². The molecule has 2 aromatic carbocycles. The molecule has 80 valence electrons. The van der Waals surface area contributed by atoms with Gasteiger partial charge in [0.1, 0.15) is 5.75 Å². The molecule has 3 heteroatoms. The number of rotatable bonds is 2. The fourth-order valence-electron chi connectivity index (χ4n) is 1.24. The molecule has 0 radical (unpaired) electrons. The van der Waals surface area contributed by atoms with Gasteiger partial charge in [-0.2, -0.15) is 0 Å². The van der Waals surface area contributed by atoms with Crippen LogP contribution in [0.4, 0.5) is 5.69 Å². The average molecular weight is 276 g/mol. The number of hydrogen-bond donors (Lipinski definition) is 1. The second-order valence-electron chi connectivity index (χ2n) is 3.33. The van der Waals surface area contributed by atoms with Gasteiger partial charge in [-0.3, -0.25) is 4.99 Å². The molecule has 0 saturated heterocycles. The molecule has 0 aromatic heterocycles. The molecule has 2 rings (SSSR count). The molecule has 0 amide bonds. The molecule has 1 N–H and O–H groups in total. The molecule has 0 aliphatic carbocycles. The van der Waals surface area contributed by atoms with Crippen LogP contribution in [0, 0.1) is 0 Å². The van der Waals surface area contributed by atoms with E-state index in [1.54, 1.807) is 18.3 Å². The van der Waals surface area contributed by atoms with E-state index in [1.165, 1.54) is 0 Å². The highest BCUT2D eigenvalue weighted by Crippen LogP contribution is 2.17. The molecule has 0 heterocycles. The summed E-state index contributed by atoms with van der Waals surface area (Å²) in [5.74, 6) is 0.265. The largest absolute Gasteiger partial charge is 0.508 e. The first-order valence-corrected chi connectivity index (χ1v) is 5.62. The Balaban J connectivity index is 2.15. The van der Waals surface area contributed by atoms with Crippen LogP contribution in [-0.4, -0.2) is 11.3 Å². The smallest absolute Gasteiger partial charge is 0.115 e. The lowest BCUT2D eigenvalue weighted by Gasteiger charge is -1.95. The fourth-order valence-corrected chi connectivity index (χ4v) is 1.50. The van der Waals surface area contributed by atoms with Crippen LogP contribution in [0.5, 0.6) is 5.75 Å². The quantitative estimate of drug-likeness (QED) is 0.829. The minimum absolute atomic E-state index is 0.265. The van der Waals surface area contributed by atoms with Crippen LogP contribution in [0.25, 0.3) is 0 Å². The van der Waals surface area contributed by atoms with Gasteiger partial charge < -0.3 is 5.11 Å². The number of aliphatic imine (C=N–C) groups is 1. The summed E-state index contributed by atoms with van der Waals surface area (Å²) in [6.07, 6.45) is 1.77. The lowest BCUT2D eigenvalue weighted by Crippen LogP contribution is -1.78. The predicted octanol–water partition coefficient (Wildman–Crippen LogP) is 3.91. The average Bonchev–Trinajstić information content (AvgIpc) is 2.30. The Labute approximate surface area is 102 Å². The van der Waals surface area contributed by atoms with E-state index < -0.39 is 0 Å². The number of phenolic OH excluding ortho intramolecular Hbond substituents is 1. The van der Waals surface area contributed by atoms with Crippen LogP contribution >= 0.6 is 15.9 Å². The lowest BCUT2D eigenvalue weighted by atomic mass is 10.2. The monoisotopic (exact) mass is 275 g/mol. The van der Waals surface area contributed by atoms with E-state index >= 15 is 0 Å². The van der Waals surface area contributed by atoms with E-state index in [1.807, 2.05) is 36.4 Å². The summed E-state index contributed by atoms with van der Waals surface area (Å²) < 4.78 is 1.04. The first-order valence-electron chi connectivity index (χ1n) is 4.83. The molecule has 0 unspecified atom stereocenters. The topological polar surface area (TPSA) is 32.6 Å². The van der Waals surface area contributed by atoms with Gasteiger partial charge in [0, 0.05) is 10.7 Å². The minimum atomic E-state index is 0.265. The van der Waals surface area contributed by atoms with E-state index in [-0.39, 0.29) is 5.75 Å². The molecule has 2 nitrogen and oxygen atoms in total. The van der Waals surface area contributed by atoms with Crippen molar-refractivity contribution in [1.29, 1.82) is 0 Å². The van der Waals surface area contributed by atoms with Gasteiger partial charge in [-0.15, -0.1) is 0 Å². The molecule has 0 atom stereocenters. The maximum atomic E-state index is 9.12. The SMILES string of the molecule is Oc1ccc(C=Nc2ccc(Br)cc2)cc1. The van der Waals surface area contributed by atoms with Crippen LogP contribution in [0.15, 0.2) is 58.0 Å². The first kappa shape index (κ1) is 10.9. The molecule has 2 aromatic rings. The minimum Gasteiger partial charge on any atom is -0.508 e. The Kier molecular flexibility index (Phi) is 3.37. The summed E-state index contributed by atoms with van der Waals surface area (Å²) in [6, 6.07) is 14.7. The third-order valence-corrected chi connectivity index (χ3v) is 2.61. The van der Waals surface area contributed by atoms with Crippen molar-refractivity contribution in [2.75, 3.05) is 0 Å². The number of benzene rings is 2. The van der Waals surface area contributed by atoms with E-state index in [9.17, 15) is 0 Å². The second kappa shape index (κ2) is 4.94. The lowest BCUT2D eigenvalue weighted by molar-refractivity contribution is 0.475. The van der Waals surface area contributed by atoms with Crippen molar-refractivity contribution >= 4 is 27.8 Å². The summed E-state index contributed by atoms with van der Waals surface area (Å²) in [6.45, 7) is 0. The van der Waals surface area contributed by atoms with Crippen LogP contribution in [0.2, 0.25) is 0 Å². The van der Waals surface area contributed by atoms with Gasteiger partial charge in [0.2, 0.25) is 0 Å². The number of hydrogen-bond acceptors (Lipinski definition) is 2. The van der Waals surface area contributed by atoms with Gasteiger partial charge in [0.05, 0.1) is 5.69 Å². The third-order valence-electron chi connectivity index (χ3n) is 2.08. The van der Waals surface area contributed by atoms with Crippen molar-refractivity contribution in [3.63, 3.8) is 0 Å². The molecule has 0 spiro atoms. The summed E-state index contributed by atoms with van der Waals surface area (Å²) in [5.41, 5.74) is 1.86. The zero-order valence-electron chi connectivity index (χ0n) is 8.47. The molecule has 0 saturated carbocycles. The summed E-state index contributed by atoms with van der Waals surface area (Å²) in [5, 5.41) is 9.12. The van der Waals surface area contributed by atoms with Crippen molar-refractivity contribution in [1.82, 2.24) is 0 Å². The van der Waals surface area contributed by atoms with Crippen LogP contribution < -0.4 is 0 Å². The summed E-state index contributed by atoms with van der Waals surface area (Å²) >= 11 is 3.37. The van der Waals surface area contributed by atoms with Crippen molar-refractivity contribution in [2.45, 2.75) is 0 Å². The van der Waals surface area contributed by atoms with Crippen LogP contribution in [0.3, 0.4) is 0 Å². The van der Waals surface area contributed by atoms with Crippen molar-refractivity contribution in [3.05, 3.63) is 58.6 Å². The molecule has 0 aliphatic heterocycles. The van der Waals surface area contributed by atoms with Gasteiger partial charge in [0.15, 0.2) is 0 Å². The van der Waals surface area contributed by atoms with E-state index in [4.69, 9.17) is 5.11 Å². The van der Waals surface area contributed by atoms with Gasteiger partial charge in [-0.1, -0.05) is 15.9 Å². The highest BCUT2D eigenvalue weighted by molar-refractivity contribution is 9.10. The zero-order chi connectivity index (χ0) is 11.4. The highest BCUT2D eigenvalue weighted by Gasteiger charge is 1.90. The highest BCUT2D eigenvalue weighted by atomic mass is 79.9. The van der Waals surface area contributed by atoms with Gasteiger partial charge in [0.25, 0.3) is 0 Å². The maximum absolute atomic E-state index is 9.12. The molecule has 0 fully saturated rings. The second-order valence-corrected chi connectivity index (χ2v) is 4.24. The van der Waals surface area contributed by atoms with Crippen LogP contribution in [-0.2, 0) is 0 Å². The molecule has 0 aliphatic rings. The zero-order valence-corrected chi connectivity index (χ0v) is 10.1. The van der Waals surface area contributed by atoms with Gasteiger partial charge in [-0.25, -0.2) is 0 Å². The van der Waals surface area contributed by atoms with E-state index in [0.29, 0.717) is 0 Å². The van der Waals surface area contributed by atoms with E-state index in [0.717, 1.165) is 15.7 Å². The number of nitrogens with zero attached hydrogens (tertiary/aromatic N) is 1. The number of phenols is 1. The number of aromatic hydroxyl groups is 1. The standard InChI is InChI=1S/C13H10BrNO/c14-11-3-5-12(6-4-11)15-9-10-1-7-13(16)8-2-10/h1-9,16H. The Morgan fingerprint density at radius 1 is 0.938 bits per heavy atom. The summed E-state index contributed by atoms with van der Waals surface area (Å²) in [7, 11) is 0. The molecular formula is C13H10BrNO. The maximum Gasteiger partial charge on any atom is 0.115 e. The fraction of sp³-hybridized carbons (Fsp3) is 0. The summed E-state index contributed by atoms with van der Waals surface area (Å²) in [4.78, 5) is 4.32. The van der Waals surface area contributed by atoms with E-state index in [2.05, 4.69) is 20.9 Å². The molecule has 0 bridgehead atoms. The van der Waals surface area contributed by atoms with Crippen molar-refractivity contribution in [3.8, 4) is 5.75 Å². The molecule has 16 heavy (non-hydrogen) atoms. The van der Waals surface area contributed by atoms with Crippen molar-refractivity contribution < 1.29 is 5.11 Å². The third kappa shape index (κ3) is 2.94. The Hall–Kier alpha value is -1.61. The Bertz CT molecular complexity index is 441. The number of halogens is 1. The molecular weight excluding hydrogens is 266 g/mol. The predicted molar refractivity (Wildman–Crippen MR) is 69.5 cm³/mol. The Morgan fingerprint density at radius 2 is 1.56 bits per heavy atom.